The number of fused-ring (bicyclic) bond motifs is 3. The topological polar surface area (TPSA) is 54.1 Å². The quantitative estimate of drug-likeness (QED) is 0.725. The smallest absolute Gasteiger partial charge is 0.258 e. The highest BCUT2D eigenvalue weighted by Gasteiger charge is 2.23. The molecule has 3 aromatic rings. The van der Waals surface area contributed by atoms with E-state index in [2.05, 4.69) is 35.4 Å². The van der Waals surface area contributed by atoms with Crippen molar-refractivity contribution in [1.29, 1.82) is 0 Å². The number of rotatable bonds is 4. The Labute approximate surface area is 157 Å². The molecule has 5 heteroatoms. The van der Waals surface area contributed by atoms with E-state index in [4.69, 9.17) is 16.3 Å². The lowest BCUT2D eigenvalue weighted by Crippen LogP contribution is -2.41. The number of benzene rings is 2. The number of H-pyrrole nitrogens is 1. The molecule has 1 unspecified atom stereocenters. The van der Waals surface area contributed by atoms with Crippen molar-refractivity contribution in [2.24, 2.45) is 0 Å². The first-order valence-electron chi connectivity index (χ1n) is 8.86. The number of carbonyl (C=O) groups excluding carboxylic acids is 1. The van der Waals surface area contributed by atoms with Gasteiger partial charge in [-0.15, -0.1) is 0 Å². The van der Waals surface area contributed by atoms with Crippen LogP contribution < -0.4 is 10.1 Å². The standard InChI is InChI=1S/C21H21ClN2O2/c1-13-2-9-19-18(10-13)17-8-5-15(11-20(17)24-19)23-21(25)12-26-16-6-3-14(22)4-7-16/h2-4,6-7,9-10,15,24H,5,8,11-12H2,1H3,(H,23,25). The molecule has 1 aliphatic carbocycles. The van der Waals surface area contributed by atoms with Gasteiger partial charge in [0.25, 0.3) is 5.91 Å². The van der Waals surface area contributed by atoms with Crippen LogP contribution in [0.3, 0.4) is 0 Å². The number of aromatic amines is 1. The van der Waals surface area contributed by atoms with Crippen LogP contribution in [0.4, 0.5) is 0 Å². The Kier molecular flexibility index (Phi) is 4.60. The third-order valence-electron chi connectivity index (χ3n) is 4.89. The van der Waals surface area contributed by atoms with Crippen molar-refractivity contribution in [3.63, 3.8) is 0 Å². The van der Waals surface area contributed by atoms with E-state index in [0.29, 0.717) is 10.8 Å². The Morgan fingerprint density at radius 2 is 2.08 bits per heavy atom. The lowest BCUT2D eigenvalue weighted by Gasteiger charge is -2.23. The molecule has 2 N–H and O–H groups in total. The molecule has 0 saturated carbocycles. The summed E-state index contributed by atoms with van der Waals surface area (Å²) in [7, 11) is 0. The molecule has 0 radical (unpaired) electrons. The molecule has 2 aromatic carbocycles. The minimum atomic E-state index is -0.0969. The fraction of sp³-hybridized carbons (Fsp3) is 0.286. The van der Waals surface area contributed by atoms with Gasteiger partial charge < -0.3 is 15.0 Å². The molecular weight excluding hydrogens is 348 g/mol. The van der Waals surface area contributed by atoms with Crippen molar-refractivity contribution in [3.8, 4) is 5.75 Å². The maximum Gasteiger partial charge on any atom is 0.258 e. The lowest BCUT2D eigenvalue weighted by atomic mass is 9.91. The van der Waals surface area contributed by atoms with Crippen LogP contribution in [0.25, 0.3) is 10.9 Å². The Bertz CT molecular complexity index is 947. The number of ether oxygens (including phenoxy) is 1. The fourth-order valence-electron chi connectivity index (χ4n) is 3.62. The van der Waals surface area contributed by atoms with E-state index >= 15 is 0 Å². The molecule has 4 rings (SSSR count). The van der Waals surface area contributed by atoms with Crippen LogP contribution in [0.15, 0.2) is 42.5 Å². The summed E-state index contributed by atoms with van der Waals surface area (Å²) in [6, 6.07) is 13.6. The van der Waals surface area contributed by atoms with E-state index in [-0.39, 0.29) is 18.6 Å². The summed E-state index contributed by atoms with van der Waals surface area (Å²) >= 11 is 5.84. The van der Waals surface area contributed by atoms with Gasteiger partial charge in [0, 0.05) is 34.1 Å². The average molecular weight is 369 g/mol. The Balaban J connectivity index is 1.37. The molecular formula is C21H21ClN2O2. The molecule has 0 spiro atoms. The zero-order valence-electron chi connectivity index (χ0n) is 14.6. The van der Waals surface area contributed by atoms with E-state index in [1.807, 2.05) is 0 Å². The van der Waals surface area contributed by atoms with E-state index in [0.717, 1.165) is 19.3 Å². The van der Waals surface area contributed by atoms with Crippen LogP contribution in [0.1, 0.15) is 23.2 Å². The van der Waals surface area contributed by atoms with Crippen LogP contribution in [0, 0.1) is 6.92 Å². The van der Waals surface area contributed by atoms with Crippen molar-refractivity contribution in [1.82, 2.24) is 10.3 Å². The zero-order valence-corrected chi connectivity index (χ0v) is 15.4. The number of amides is 1. The van der Waals surface area contributed by atoms with Crippen molar-refractivity contribution in [2.45, 2.75) is 32.2 Å². The molecule has 1 aromatic heterocycles. The van der Waals surface area contributed by atoms with Gasteiger partial charge in [0.2, 0.25) is 0 Å². The number of hydrogen-bond donors (Lipinski definition) is 2. The average Bonchev–Trinajstić information content (AvgIpc) is 2.98. The van der Waals surface area contributed by atoms with Crippen LogP contribution in [-0.4, -0.2) is 23.5 Å². The Morgan fingerprint density at radius 3 is 2.88 bits per heavy atom. The highest BCUT2D eigenvalue weighted by molar-refractivity contribution is 6.30. The molecule has 0 fully saturated rings. The molecule has 0 bridgehead atoms. The molecule has 1 amide bonds. The summed E-state index contributed by atoms with van der Waals surface area (Å²) in [4.78, 5) is 15.7. The number of halogens is 1. The van der Waals surface area contributed by atoms with Gasteiger partial charge in [-0.1, -0.05) is 23.2 Å². The molecule has 4 nitrogen and oxygen atoms in total. The lowest BCUT2D eigenvalue weighted by molar-refractivity contribution is -0.123. The second-order valence-corrected chi connectivity index (χ2v) is 7.32. The van der Waals surface area contributed by atoms with E-state index in [1.165, 1.54) is 27.7 Å². The zero-order chi connectivity index (χ0) is 18.1. The van der Waals surface area contributed by atoms with Crippen LogP contribution in [0.2, 0.25) is 5.02 Å². The van der Waals surface area contributed by atoms with Crippen LogP contribution in [-0.2, 0) is 17.6 Å². The van der Waals surface area contributed by atoms with Crippen LogP contribution >= 0.6 is 11.6 Å². The van der Waals surface area contributed by atoms with Crippen molar-refractivity contribution in [2.75, 3.05) is 6.61 Å². The number of hydrogen-bond acceptors (Lipinski definition) is 2. The van der Waals surface area contributed by atoms with Crippen LogP contribution in [0.5, 0.6) is 5.75 Å². The van der Waals surface area contributed by atoms with Gasteiger partial charge in [0.05, 0.1) is 0 Å². The van der Waals surface area contributed by atoms with Gasteiger partial charge in [0.15, 0.2) is 6.61 Å². The first-order chi connectivity index (χ1) is 12.6. The van der Waals surface area contributed by atoms with Crippen molar-refractivity contribution in [3.05, 3.63) is 64.3 Å². The second kappa shape index (κ2) is 7.04. The first kappa shape index (κ1) is 17.0. The van der Waals surface area contributed by atoms with E-state index in [9.17, 15) is 4.79 Å². The highest BCUT2D eigenvalue weighted by Crippen LogP contribution is 2.29. The fourth-order valence-corrected chi connectivity index (χ4v) is 3.74. The Morgan fingerprint density at radius 1 is 1.27 bits per heavy atom. The molecule has 134 valence electrons. The minimum Gasteiger partial charge on any atom is -0.484 e. The van der Waals surface area contributed by atoms with Gasteiger partial charge in [0.1, 0.15) is 5.75 Å². The number of nitrogens with one attached hydrogen (secondary N) is 2. The summed E-state index contributed by atoms with van der Waals surface area (Å²) < 4.78 is 5.52. The van der Waals surface area contributed by atoms with Gasteiger partial charge in [-0.2, -0.15) is 0 Å². The van der Waals surface area contributed by atoms with Gasteiger partial charge >= 0.3 is 0 Å². The third kappa shape index (κ3) is 3.56. The van der Waals surface area contributed by atoms with E-state index < -0.39 is 0 Å². The normalized spacial score (nSPS) is 16.3. The summed E-state index contributed by atoms with van der Waals surface area (Å²) in [6.07, 6.45) is 2.75. The summed E-state index contributed by atoms with van der Waals surface area (Å²) in [5, 5.41) is 5.05. The Hall–Kier alpha value is -2.46. The molecule has 1 atom stereocenters. The monoisotopic (exact) mass is 368 g/mol. The maximum atomic E-state index is 12.2. The first-order valence-corrected chi connectivity index (χ1v) is 9.24. The van der Waals surface area contributed by atoms with Gasteiger partial charge in [-0.25, -0.2) is 0 Å². The van der Waals surface area contributed by atoms with Gasteiger partial charge in [-0.05, 0) is 61.7 Å². The summed E-state index contributed by atoms with van der Waals surface area (Å²) in [5.74, 6) is 0.543. The predicted octanol–water partition coefficient (Wildman–Crippen LogP) is 4.18. The highest BCUT2D eigenvalue weighted by atomic mass is 35.5. The summed E-state index contributed by atoms with van der Waals surface area (Å²) in [6.45, 7) is 2.13. The summed E-state index contributed by atoms with van der Waals surface area (Å²) in [5.41, 5.74) is 5.08. The SMILES string of the molecule is Cc1ccc2[nH]c3c(c2c1)CCC(NC(=O)COc1ccc(Cl)cc1)C3. The minimum absolute atomic E-state index is 0.0108. The number of carbonyl (C=O) groups is 1. The molecule has 1 heterocycles. The van der Waals surface area contributed by atoms with Crippen molar-refractivity contribution < 1.29 is 9.53 Å². The number of aromatic nitrogens is 1. The second-order valence-electron chi connectivity index (χ2n) is 6.88. The van der Waals surface area contributed by atoms with Gasteiger partial charge in [-0.3, -0.25) is 4.79 Å². The molecule has 1 aliphatic rings. The third-order valence-corrected chi connectivity index (χ3v) is 5.14. The molecule has 0 saturated heterocycles. The van der Waals surface area contributed by atoms with Crippen molar-refractivity contribution >= 4 is 28.4 Å². The molecule has 26 heavy (non-hydrogen) atoms. The molecule has 0 aliphatic heterocycles. The largest absolute Gasteiger partial charge is 0.484 e. The number of aryl methyl sites for hydroxylation is 2. The predicted molar refractivity (Wildman–Crippen MR) is 104 cm³/mol. The maximum absolute atomic E-state index is 12.2. The van der Waals surface area contributed by atoms with E-state index in [1.54, 1.807) is 24.3 Å².